The Morgan fingerprint density at radius 3 is 2.74 bits per heavy atom. The van der Waals surface area contributed by atoms with Crippen LogP contribution in [0.25, 0.3) is 17.0 Å². The van der Waals surface area contributed by atoms with E-state index in [1.807, 2.05) is 48.5 Å². The maximum atomic E-state index is 12.0. The predicted octanol–water partition coefficient (Wildman–Crippen LogP) is 3.46. The number of H-pyrrole nitrogens is 1. The number of carbonyl (C=O) groups is 1. The second kappa shape index (κ2) is 4.90. The molecule has 2 heterocycles. The lowest BCUT2D eigenvalue weighted by Crippen LogP contribution is -1.93. The number of carbonyl (C=O) groups excluding carboxylic acids is 1. The number of allylic oxidation sites excluding steroid dienone is 1. The highest BCUT2D eigenvalue weighted by atomic mass is 16.1. The summed E-state index contributed by atoms with van der Waals surface area (Å²) in [5.74, 6) is -0.0538. The van der Waals surface area contributed by atoms with Gasteiger partial charge in [0.05, 0.1) is 11.4 Å². The molecule has 0 unspecified atom stereocenters. The van der Waals surface area contributed by atoms with Gasteiger partial charge in [-0.1, -0.05) is 24.3 Å². The molecule has 0 radical (unpaired) electrons. The van der Waals surface area contributed by atoms with E-state index in [-0.39, 0.29) is 5.78 Å². The molecule has 0 aliphatic heterocycles. The maximum Gasteiger partial charge on any atom is 0.202 e. The van der Waals surface area contributed by atoms with E-state index in [1.54, 1.807) is 12.3 Å². The minimum absolute atomic E-state index is 0.0538. The summed E-state index contributed by atoms with van der Waals surface area (Å²) >= 11 is 0. The maximum absolute atomic E-state index is 12.0. The third-order valence-corrected chi connectivity index (χ3v) is 2.89. The highest BCUT2D eigenvalue weighted by Crippen LogP contribution is 2.15. The SMILES string of the molecule is O=C(C=Cc1ccccn1)c1cc2ccccc2[nH]1. The van der Waals surface area contributed by atoms with Crippen LogP contribution in [0.1, 0.15) is 16.2 Å². The van der Waals surface area contributed by atoms with Crippen molar-refractivity contribution in [3.8, 4) is 0 Å². The highest BCUT2D eigenvalue weighted by Gasteiger charge is 2.05. The average Bonchev–Trinajstić information content (AvgIpc) is 2.90. The van der Waals surface area contributed by atoms with Crippen molar-refractivity contribution in [3.63, 3.8) is 0 Å². The summed E-state index contributed by atoms with van der Waals surface area (Å²) in [4.78, 5) is 19.3. The lowest BCUT2D eigenvalue weighted by molar-refractivity contribution is 0.104. The van der Waals surface area contributed by atoms with Crippen LogP contribution in [0.2, 0.25) is 0 Å². The zero-order valence-corrected chi connectivity index (χ0v) is 10.2. The Kier molecular flexibility index (Phi) is 2.94. The Morgan fingerprint density at radius 1 is 1.11 bits per heavy atom. The third-order valence-electron chi connectivity index (χ3n) is 2.89. The molecule has 0 amide bonds. The number of para-hydroxylation sites is 1. The molecule has 1 aromatic carbocycles. The number of aromatic amines is 1. The van der Waals surface area contributed by atoms with Crippen LogP contribution in [0.4, 0.5) is 0 Å². The van der Waals surface area contributed by atoms with E-state index in [4.69, 9.17) is 0 Å². The monoisotopic (exact) mass is 248 g/mol. The van der Waals surface area contributed by atoms with Crippen LogP contribution in [-0.4, -0.2) is 15.8 Å². The Balaban J connectivity index is 1.86. The van der Waals surface area contributed by atoms with Crippen molar-refractivity contribution >= 4 is 22.8 Å². The van der Waals surface area contributed by atoms with Crippen molar-refractivity contribution in [3.05, 3.63) is 72.2 Å². The lowest BCUT2D eigenvalue weighted by Gasteiger charge is -1.91. The van der Waals surface area contributed by atoms with E-state index in [9.17, 15) is 4.79 Å². The van der Waals surface area contributed by atoms with Crippen molar-refractivity contribution < 1.29 is 4.79 Å². The normalized spacial score (nSPS) is 11.2. The molecule has 0 spiro atoms. The van der Waals surface area contributed by atoms with Gasteiger partial charge in [0.25, 0.3) is 0 Å². The number of nitrogens with zero attached hydrogens (tertiary/aromatic N) is 1. The predicted molar refractivity (Wildman–Crippen MR) is 75.9 cm³/mol. The van der Waals surface area contributed by atoms with Gasteiger partial charge in [-0.2, -0.15) is 0 Å². The molecule has 0 aliphatic rings. The number of rotatable bonds is 3. The van der Waals surface area contributed by atoms with Crippen LogP contribution in [0, 0.1) is 0 Å². The number of fused-ring (bicyclic) bond motifs is 1. The third kappa shape index (κ3) is 2.45. The smallest absolute Gasteiger partial charge is 0.202 e. The van der Waals surface area contributed by atoms with Gasteiger partial charge in [-0.05, 0) is 36.4 Å². The van der Waals surface area contributed by atoms with E-state index < -0.39 is 0 Å². The van der Waals surface area contributed by atoms with Crippen LogP contribution in [0.3, 0.4) is 0 Å². The molecule has 1 N–H and O–H groups in total. The van der Waals surface area contributed by atoms with Gasteiger partial charge in [0.15, 0.2) is 0 Å². The Morgan fingerprint density at radius 2 is 1.95 bits per heavy atom. The van der Waals surface area contributed by atoms with Gasteiger partial charge in [0, 0.05) is 17.1 Å². The number of hydrogen-bond donors (Lipinski definition) is 1. The number of pyridine rings is 1. The number of ketones is 1. The van der Waals surface area contributed by atoms with Gasteiger partial charge in [0.2, 0.25) is 5.78 Å². The van der Waals surface area contributed by atoms with Crippen LogP contribution in [0.5, 0.6) is 0 Å². The molecule has 92 valence electrons. The van der Waals surface area contributed by atoms with E-state index in [0.29, 0.717) is 5.69 Å². The quantitative estimate of drug-likeness (QED) is 0.570. The number of aromatic nitrogens is 2. The van der Waals surface area contributed by atoms with E-state index in [0.717, 1.165) is 16.6 Å². The molecule has 0 atom stereocenters. The van der Waals surface area contributed by atoms with E-state index in [1.165, 1.54) is 6.08 Å². The van der Waals surface area contributed by atoms with E-state index >= 15 is 0 Å². The molecule has 3 heteroatoms. The van der Waals surface area contributed by atoms with Crippen molar-refractivity contribution in [2.45, 2.75) is 0 Å². The fourth-order valence-corrected chi connectivity index (χ4v) is 1.93. The molecule has 0 aliphatic carbocycles. The minimum Gasteiger partial charge on any atom is -0.352 e. The fourth-order valence-electron chi connectivity index (χ4n) is 1.93. The zero-order chi connectivity index (χ0) is 13.1. The van der Waals surface area contributed by atoms with E-state index in [2.05, 4.69) is 9.97 Å². The summed E-state index contributed by atoms with van der Waals surface area (Å²) in [6.07, 6.45) is 4.95. The van der Waals surface area contributed by atoms with Crippen molar-refractivity contribution in [1.29, 1.82) is 0 Å². The number of hydrogen-bond acceptors (Lipinski definition) is 2. The van der Waals surface area contributed by atoms with Crippen LogP contribution < -0.4 is 0 Å². The van der Waals surface area contributed by atoms with Crippen molar-refractivity contribution in [1.82, 2.24) is 9.97 Å². The molecule has 19 heavy (non-hydrogen) atoms. The molecule has 3 nitrogen and oxygen atoms in total. The first-order valence-corrected chi connectivity index (χ1v) is 6.04. The summed E-state index contributed by atoms with van der Waals surface area (Å²) in [6.45, 7) is 0. The number of nitrogens with one attached hydrogen (secondary N) is 1. The molecule has 0 saturated carbocycles. The minimum atomic E-state index is -0.0538. The topological polar surface area (TPSA) is 45.8 Å². The van der Waals surface area contributed by atoms with Gasteiger partial charge >= 0.3 is 0 Å². The molecule has 3 rings (SSSR count). The Labute approximate surface area is 110 Å². The molecule has 0 fully saturated rings. The van der Waals surface area contributed by atoms with Gasteiger partial charge in [-0.15, -0.1) is 0 Å². The van der Waals surface area contributed by atoms with Crippen LogP contribution >= 0.6 is 0 Å². The molecule has 3 aromatic rings. The summed E-state index contributed by atoms with van der Waals surface area (Å²) in [7, 11) is 0. The van der Waals surface area contributed by atoms with Crippen molar-refractivity contribution in [2.24, 2.45) is 0 Å². The van der Waals surface area contributed by atoms with Gasteiger partial charge < -0.3 is 4.98 Å². The summed E-state index contributed by atoms with van der Waals surface area (Å²) < 4.78 is 0. The molecular weight excluding hydrogens is 236 g/mol. The summed E-state index contributed by atoms with van der Waals surface area (Å²) in [5.41, 5.74) is 2.33. The molecule has 2 aromatic heterocycles. The summed E-state index contributed by atoms with van der Waals surface area (Å²) in [6, 6.07) is 15.3. The van der Waals surface area contributed by atoms with Crippen LogP contribution in [0.15, 0.2) is 60.8 Å². The van der Waals surface area contributed by atoms with Crippen molar-refractivity contribution in [2.75, 3.05) is 0 Å². The van der Waals surface area contributed by atoms with Crippen LogP contribution in [-0.2, 0) is 0 Å². The summed E-state index contributed by atoms with van der Waals surface area (Å²) in [5, 5.41) is 1.04. The van der Waals surface area contributed by atoms with Gasteiger partial charge in [-0.3, -0.25) is 9.78 Å². The highest BCUT2D eigenvalue weighted by molar-refractivity contribution is 6.08. The number of benzene rings is 1. The Bertz CT molecular complexity index is 709. The molecular formula is C16H12N2O. The first kappa shape index (κ1) is 11.4. The Hall–Kier alpha value is -2.68. The van der Waals surface area contributed by atoms with Gasteiger partial charge in [0.1, 0.15) is 0 Å². The average molecular weight is 248 g/mol. The standard InChI is InChI=1S/C16H12N2O/c19-16(9-8-13-6-3-4-10-17-13)15-11-12-5-1-2-7-14(12)18-15/h1-11,18H. The molecule has 0 saturated heterocycles. The first-order chi connectivity index (χ1) is 9.33. The van der Waals surface area contributed by atoms with Gasteiger partial charge in [-0.25, -0.2) is 0 Å². The zero-order valence-electron chi connectivity index (χ0n) is 10.2. The lowest BCUT2D eigenvalue weighted by atomic mass is 10.2. The first-order valence-electron chi connectivity index (χ1n) is 6.04. The fraction of sp³-hybridized carbons (Fsp3) is 0. The second-order valence-electron chi connectivity index (χ2n) is 4.22. The second-order valence-corrected chi connectivity index (χ2v) is 4.22. The largest absolute Gasteiger partial charge is 0.352 e. The molecule has 0 bridgehead atoms.